The van der Waals surface area contributed by atoms with Crippen molar-refractivity contribution in [2.75, 3.05) is 21.3 Å². The first-order valence-electron chi connectivity index (χ1n) is 7.27. The van der Waals surface area contributed by atoms with E-state index in [-0.39, 0.29) is 0 Å². The standard InChI is InChI=1S/C18H20BrNO3S/c1-11(6-7-12(2)19)15-10-24-20-17(15)14-8-13(21-3)9-16(22-4)18(14)23-5/h6-10H,1-5H3/b11-6+,12-7+. The maximum Gasteiger partial charge on any atom is 0.170 e. The summed E-state index contributed by atoms with van der Waals surface area (Å²) in [6.07, 6.45) is 4.07. The van der Waals surface area contributed by atoms with E-state index in [1.807, 2.05) is 24.4 Å². The van der Waals surface area contributed by atoms with Gasteiger partial charge in [-0.05, 0) is 41.5 Å². The Morgan fingerprint density at radius 2 is 1.83 bits per heavy atom. The first-order chi connectivity index (χ1) is 11.5. The average molecular weight is 410 g/mol. The summed E-state index contributed by atoms with van der Waals surface area (Å²) in [7, 11) is 4.86. The molecule has 0 bridgehead atoms. The van der Waals surface area contributed by atoms with Gasteiger partial charge in [-0.1, -0.05) is 28.1 Å². The maximum atomic E-state index is 5.57. The molecule has 0 spiro atoms. The summed E-state index contributed by atoms with van der Waals surface area (Å²) in [5.41, 5.74) is 3.86. The molecule has 6 heteroatoms. The van der Waals surface area contributed by atoms with Crippen LogP contribution in [0.5, 0.6) is 17.2 Å². The molecule has 0 atom stereocenters. The highest BCUT2D eigenvalue weighted by Gasteiger charge is 2.19. The first-order valence-corrected chi connectivity index (χ1v) is 8.90. The van der Waals surface area contributed by atoms with Gasteiger partial charge in [0.2, 0.25) is 0 Å². The molecule has 0 aliphatic carbocycles. The number of halogens is 1. The van der Waals surface area contributed by atoms with Gasteiger partial charge < -0.3 is 14.2 Å². The van der Waals surface area contributed by atoms with Crippen molar-refractivity contribution in [3.8, 4) is 28.5 Å². The van der Waals surface area contributed by atoms with Crippen molar-refractivity contribution in [1.29, 1.82) is 0 Å². The van der Waals surface area contributed by atoms with Gasteiger partial charge in [-0.2, -0.15) is 4.37 Å². The number of ether oxygens (including phenoxy) is 3. The van der Waals surface area contributed by atoms with E-state index in [2.05, 4.69) is 33.3 Å². The molecule has 1 heterocycles. The third kappa shape index (κ3) is 3.99. The van der Waals surface area contributed by atoms with Gasteiger partial charge in [0, 0.05) is 17.0 Å². The van der Waals surface area contributed by atoms with Crippen molar-refractivity contribution >= 4 is 33.0 Å². The molecule has 2 aromatic rings. The lowest BCUT2D eigenvalue weighted by Crippen LogP contribution is -1.96. The molecule has 0 fully saturated rings. The Balaban J connectivity index is 2.64. The molecule has 0 aliphatic heterocycles. The second-order valence-electron chi connectivity index (χ2n) is 5.09. The Morgan fingerprint density at radius 1 is 1.08 bits per heavy atom. The number of hydrogen-bond acceptors (Lipinski definition) is 5. The minimum atomic E-state index is 0.614. The van der Waals surface area contributed by atoms with Crippen LogP contribution in [0.25, 0.3) is 16.8 Å². The number of rotatable bonds is 6. The summed E-state index contributed by atoms with van der Waals surface area (Å²) in [5, 5.41) is 2.03. The van der Waals surface area contributed by atoms with E-state index < -0.39 is 0 Å². The largest absolute Gasteiger partial charge is 0.497 e. The highest BCUT2D eigenvalue weighted by atomic mass is 79.9. The van der Waals surface area contributed by atoms with Crippen molar-refractivity contribution in [2.45, 2.75) is 13.8 Å². The van der Waals surface area contributed by atoms with Gasteiger partial charge >= 0.3 is 0 Å². The topological polar surface area (TPSA) is 40.6 Å². The zero-order chi connectivity index (χ0) is 17.7. The Bertz CT molecular complexity index is 777. The smallest absolute Gasteiger partial charge is 0.170 e. The lowest BCUT2D eigenvalue weighted by atomic mass is 10.0. The zero-order valence-electron chi connectivity index (χ0n) is 14.3. The minimum absolute atomic E-state index is 0.614. The number of aromatic nitrogens is 1. The number of allylic oxidation sites excluding steroid dienone is 4. The van der Waals surface area contributed by atoms with Crippen LogP contribution in [0.1, 0.15) is 19.4 Å². The van der Waals surface area contributed by atoms with Crippen LogP contribution in [0.15, 0.2) is 34.1 Å². The first kappa shape index (κ1) is 18.5. The van der Waals surface area contributed by atoms with Gasteiger partial charge in [-0.3, -0.25) is 0 Å². The lowest BCUT2D eigenvalue weighted by molar-refractivity contribution is 0.350. The number of nitrogens with zero attached hydrogens (tertiary/aromatic N) is 1. The summed E-state index contributed by atoms with van der Waals surface area (Å²) in [5.74, 6) is 1.95. The van der Waals surface area contributed by atoms with Crippen LogP contribution >= 0.6 is 27.5 Å². The van der Waals surface area contributed by atoms with Crippen LogP contribution in [0.2, 0.25) is 0 Å². The molecule has 1 aromatic carbocycles. The van der Waals surface area contributed by atoms with Crippen LogP contribution in [0.4, 0.5) is 0 Å². The van der Waals surface area contributed by atoms with E-state index in [0.29, 0.717) is 17.2 Å². The molecule has 4 nitrogen and oxygen atoms in total. The Morgan fingerprint density at radius 3 is 2.42 bits per heavy atom. The fraction of sp³-hybridized carbons (Fsp3) is 0.278. The Hall–Kier alpha value is -1.79. The quantitative estimate of drug-likeness (QED) is 0.587. The van der Waals surface area contributed by atoms with E-state index in [4.69, 9.17) is 14.2 Å². The van der Waals surface area contributed by atoms with Gasteiger partial charge in [-0.25, -0.2) is 0 Å². The normalized spacial score (nSPS) is 12.2. The molecule has 0 amide bonds. The summed E-state index contributed by atoms with van der Waals surface area (Å²) in [4.78, 5) is 0. The highest BCUT2D eigenvalue weighted by molar-refractivity contribution is 9.11. The highest BCUT2D eigenvalue weighted by Crippen LogP contribution is 2.43. The molecule has 0 saturated carbocycles. The molecule has 0 aliphatic rings. The van der Waals surface area contributed by atoms with Gasteiger partial charge in [0.1, 0.15) is 5.75 Å². The van der Waals surface area contributed by atoms with Crippen LogP contribution in [-0.4, -0.2) is 25.7 Å². The molecule has 2 rings (SSSR count). The number of benzene rings is 1. The van der Waals surface area contributed by atoms with E-state index in [9.17, 15) is 0 Å². The molecular formula is C18H20BrNO3S. The SMILES string of the molecule is COc1cc(OC)c(OC)c(-c2nscc2/C(C)=C/C=C(\C)Br)c1. The fourth-order valence-electron chi connectivity index (χ4n) is 2.27. The third-order valence-corrected chi connectivity index (χ3v) is 4.39. The van der Waals surface area contributed by atoms with Crippen LogP contribution < -0.4 is 14.2 Å². The predicted octanol–water partition coefficient (Wildman–Crippen LogP) is 5.54. The summed E-state index contributed by atoms with van der Waals surface area (Å²) >= 11 is 4.85. The van der Waals surface area contributed by atoms with Crippen LogP contribution in [0.3, 0.4) is 0 Å². The molecular weight excluding hydrogens is 390 g/mol. The van der Waals surface area contributed by atoms with E-state index in [0.717, 1.165) is 26.9 Å². The third-order valence-electron chi connectivity index (χ3n) is 3.50. The molecule has 0 saturated heterocycles. The molecule has 128 valence electrons. The minimum Gasteiger partial charge on any atom is -0.497 e. The van der Waals surface area contributed by atoms with E-state index in [1.165, 1.54) is 11.5 Å². The van der Waals surface area contributed by atoms with E-state index >= 15 is 0 Å². The molecule has 0 unspecified atom stereocenters. The second kappa shape index (κ2) is 8.35. The Labute approximate surface area is 155 Å². The monoisotopic (exact) mass is 409 g/mol. The summed E-state index contributed by atoms with van der Waals surface area (Å²) < 4.78 is 22.0. The predicted molar refractivity (Wildman–Crippen MR) is 104 cm³/mol. The van der Waals surface area contributed by atoms with Crippen molar-refractivity contribution in [3.05, 3.63) is 39.7 Å². The molecule has 1 aromatic heterocycles. The number of hydrogen-bond donors (Lipinski definition) is 0. The van der Waals surface area contributed by atoms with E-state index in [1.54, 1.807) is 27.4 Å². The fourth-order valence-corrected chi connectivity index (χ4v) is 3.16. The second-order valence-corrected chi connectivity index (χ2v) is 6.97. The maximum absolute atomic E-state index is 5.57. The lowest BCUT2D eigenvalue weighted by Gasteiger charge is -2.14. The summed E-state index contributed by atoms with van der Waals surface area (Å²) in [6.45, 7) is 4.05. The Kier molecular flexibility index (Phi) is 6.45. The van der Waals surface area contributed by atoms with Crippen molar-refractivity contribution in [3.63, 3.8) is 0 Å². The molecule has 24 heavy (non-hydrogen) atoms. The van der Waals surface area contributed by atoms with Gasteiger partial charge in [0.25, 0.3) is 0 Å². The number of methoxy groups -OCH3 is 3. The molecule has 0 radical (unpaired) electrons. The van der Waals surface area contributed by atoms with Gasteiger partial charge in [0.15, 0.2) is 11.5 Å². The van der Waals surface area contributed by atoms with Crippen molar-refractivity contribution in [1.82, 2.24) is 4.37 Å². The van der Waals surface area contributed by atoms with Crippen LogP contribution in [-0.2, 0) is 0 Å². The summed E-state index contributed by atoms with van der Waals surface area (Å²) in [6, 6.07) is 3.72. The van der Waals surface area contributed by atoms with Crippen molar-refractivity contribution < 1.29 is 14.2 Å². The van der Waals surface area contributed by atoms with Gasteiger partial charge in [0.05, 0.1) is 32.6 Å². The molecule has 0 N–H and O–H groups in total. The van der Waals surface area contributed by atoms with Gasteiger partial charge in [-0.15, -0.1) is 0 Å². The average Bonchev–Trinajstić information content (AvgIpc) is 3.07. The zero-order valence-corrected chi connectivity index (χ0v) is 16.7. The van der Waals surface area contributed by atoms with Crippen LogP contribution in [0, 0.1) is 0 Å². The van der Waals surface area contributed by atoms with Crippen molar-refractivity contribution in [2.24, 2.45) is 0 Å².